The van der Waals surface area contributed by atoms with E-state index < -0.39 is 9.84 Å². The number of carbonyl (C=O) groups excluding carboxylic acids is 1. The number of likely N-dealkylation sites (tertiary alicyclic amines) is 1. The van der Waals surface area contributed by atoms with Gasteiger partial charge in [0.25, 0.3) is 0 Å². The van der Waals surface area contributed by atoms with Crippen LogP contribution >= 0.6 is 0 Å². The molecule has 0 bridgehead atoms. The number of sulfone groups is 1. The van der Waals surface area contributed by atoms with Crippen molar-refractivity contribution in [3.63, 3.8) is 0 Å². The molecule has 0 aromatic heterocycles. The third kappa shape index (κ3) is 4.57. The summed E-state index contributed by atoms with van der Waals surface area (Å²) in [5.74, 6) is 0.441. The van der Waals surface area contributed by atoms with E-state index in [0.717, 1.165) is 25.9 Å². The fraction of sp³-hybridized carbons (Fsp3) is 0.929. The van der Waals surface area contributed by atoms with E-state index >= 15 is 0 Å². The van der Waals surface area contributed by atoms with Crippen molar-refractivity contribution in [2.45, 2.75) is 49.9 Å². The maximum atomic E-state index is 12.1. The predicted molar refractivity (Wildman–Crippen MR) is 83.0 cm³/mol. The molecule has 2 amide bonds. The normalized spacial score (nSPS) is 34.6. The number of amides is 2. The first-order valence-corrected chi connectivity index (χ1v) is 9.65. The van der Waals surface area contributed by atoms with E-state index in [1.165, 1.54) is 6.26 Å². The van der Waals surface area contributed by atoms with Gasteiger partial charge in [-0.3, -0.25) is 0 Å². The highest BCUT2D eigenvalue weighted by Gasteiger charge is 2.31. The number of hydrogen-bond acceptors (Lipinski definition) is 4. The van der Waals surface area contributed by atoms with Crippen molar-refractivity contribution in [3.8, 4) is 0 Å². The molecule has 122 valence electrons. The van der Waals surface area contributed by atoms with Gasteiger partial charge in [0.05, 0.1) is 5.25 Å². The zero-order valence-electron chi connectivity index (χ0n) is 13.1. The zero-order chi connectivity index (χ0) is 15.6. The molecule has 1 aliphatic carbocycles. The Morgan fingerprint density at radius 1 is 1.19 bits per heavy atom. The maximum Gasteiger partial charge on any atom is 0.315 e. The van der Waals surface area contributed by atoms with Crippen molar-refractivity contribution < 1.29 is 13.2 Å². The highest BCUT2D eigenvalue weighted by Crippen LogP contribution is 2.24. The standard InChI is InChI=1S/C14H27N3O3S/c1-10-8-17(2)9-13(10)16-14(18)15-11-5-4-6-12(7-11)21(3,19)20/h10-13H,4-9H2,1-3H3,(H2,15,16,18). The van der Waals surface area contributed by atoms with E-state index in [2.05, 4.69) is 22.5 Å². The average Bonchev–Trinajstić information content (AvgIpc) is 2.67. The van der Waals surface area contributed by atoms with Crippen LogP contribution < -0.4 is 10.6 Å². The second-order valence-electron chi connectivity index (χ2n) is 6.74. The van der Waals surface area contributed by atoms with Crippen LogP contribution in [0.4, 0.5) is 4.79 Å². The minimum Gasteiger partial charge on any atom is -0.335 e. The molecule has 1 saturated heterocycles. The van der Waals surface area contributed by atoms with Crippen LogP contribution in [0.5, 0.6) is 0 Å². The minimum absolute atomic E-state index is 0.0343. The van der Waals surface area contributed by atoms with E-state index in [9.17, 15) is 13.2 Å². The van der Waals surface area contributed by atoms with Crippen LogP contribution in [0, 0.1) is 5.92 Å². The van der Waals surface area contributed by atoms with Crippen LogP contribution in [0.15, 0.2) is 0 Å². The molecular formula is C14H27N3O3S. The van der Waals surface area contributed by atoms with Gasteiger partial charge in [0.2, 0.25) is 0 Å². The fourth-order valence-corrected chi connectivity index (χ4v) is 4.63. The summed E-state index contributed by atoms with van der Waals surface area (Å²) in [6.45, 7) is 3.99. The molecule has 7 heteroatoms. The van der Waals surface area contributed by atoms with Gasteiger partial charge in [-0.1, -0.05) is 13.3 Å². The van der Waals surface area contributed by atoms with E-state index in [1.807, 2.05) is 7.05 Å². The average molecular weight is 317 g/mol. The van der Waals surface area contributed by atoms with Gasteiger partial charge in [0.1, 0.15) is 9.84 Å². The lowest BCUT2D eigenvalue weighted by Gasteiger charge is -2.29. The number of rotatable bonds is 3. The fourth-order valence-electron chi connectivity index (χ4n) is 3.46. The number of urea groups is 1. The first-order valence-electron chi connectivity index (χ1n) is 7.70. The van der Waals surface area contributed by atoms with Crippen molar-refractivity contribution >= 4 is 15.9 Å². The highest BCUT2D eigenvalue weighted by atomic mass is 32.2. The molecule has 0 aromatic carbocycles. The van der Waals surface area contributed by atoms with E-state index in [4.69, 9.17) is 0 Å². The predicted octanol–water partition coefficient (Wildman–Crippen LogP) is 0.592. The molecule has 2 rings (SSSR count). The molecule has 0 spiro atoms. The molecule has 2 N–H and O–H groups in total. The lowest BCUT2D eigenvalue weighted by Crippen LogP contribution is -2.50. The topological polar surface area (TPSA) is 78.5 Å². The third-order valence-electron chi connectivity index (χ3n) is 4.68. The molecule has 1 saturated carbocycles. The molecule has 2 aliphatic rings. The third-order valence-corrected chi connectivity index (χ3v) is 6.32. The summed E-state index contributed by atoms with van der Waals surface area (Å²) in [5, 5.41) is 5.66. The Balaban J connectivity index is 1.82. The zero-order valence-corrected chi connectivity index (χ0v) is 13.9. The molecule has 0 aromatic rings. The number of nitrogens with one attached hydrogen (secondary N) is 2. The SMILES string of the molecule is CC1CN(C)CC1NC(=O)NC1CCCC(S(C)(=O)=O)C1. The molecule has 6 nitrogen and oxygen atoms in total. The summed E-state index contributed by atoms with van der Waals surface area (Å²) in [6.07, 6.45) is 4.25. The van der Waals surface area contributed by atoms with Crippen LogP contribution in [-0.4, -0.2) is 63.1 Å². The number of hydrogen-bond donors (Lipinski definition) is 2. The second-order valence-corrected chi connectivity index (χ2v) is 9.06. The maximum absolute atomic E-state index is 12.1. The lowest BCUT2D eigenvalue weighted by atomic mass is 9.95. The van der Waals surface area contributed by atoms with E-state index in [0.29, 0.717) is 18.8 Å². The van der Waals surface area contributed by atoms with Gasteiger partial charge < -0.3 is 15.5 Å². The van der Waals surface area contributed by atoms with Crippen LogP contribution in [0.2, 0.25) is 0 Å². The quantitative estimate of drug-likeness (QED) is 0.798. The Morgan fingerprint density at radius 2 is 1.90 bits per heavy atom. The van der Waals surface area contributed by atoms with Crippen LogP contribution in [0.1, 0.15) is 32.6 Å². The molecule has 4 unspecified atom stereocenters. The van der Waals surface area contributed by atoms with Gasteiger partial charge in [0, 0.05) is 31.4 Å². The van der Waals surface area contributed by atoms with E-state index in [1.54, 1.807) is 0 Å². The molecule has 2 fully saturated rings. The summed E-state index contributed by atoms with van der Waals surface area (Å²) in [5.41, 5.74) is 0. The molecule has 0 radical (unpaired) electrons. The van der Waals surface area contributed by atoms with Crippen LogP contribution in [0.3, 0.4) is 0 Å². The second kappa shape index (κ2) is 6.52. The van der Waals surface area contributed by atoms with Gasteiger partial charge in [-0.15, -0.1) is 0 Å². The Bertz CT molecular complexity index is 480. The van der Waals surface area contributed by atoms with Crippen molar-refractivity contribution in [2.24, 2.45) is 5.92 Å². The summed E-state index contributed by atoms with van der Waals surface area (Å²) in [7, 11) is -0.962. The number of likely N-dealkylation sites (N-methyl/N-ethyl adjacent to an activating group) is 1. The molecule has 1 aliphatic heterocycles. The first kappa shape index (κ1) is 16.5. The van der Waals surface area contributed by atoms with Crippen molar-refractivity contribution in [1.29, 1.82) is 0 Å². The molecule has 1 heterocycles. The van der Waals surface area contributed by atoms with Gasteiger partial charge in [-0.2, -0.15) is 0 Å². The molecule has 21 heavy (non-hydrogen) atoms. The minimum atomic E-state index is -3.01. The number of nitrogens with zero attached hydrogens (tertiary/aromatic N) is 1. The Morgan fingerprint density at radius 3 is 2.48 bits per heavy atom. The van der Waals surface area contributed by atoms with Crippen molar-refractivity contribution in [1.82, 2.24) is 15.5 Å². The van der Waals surface area contributed by atoms with Crippen molar-refractivity contribution in [2.75, 3.05) is 26.4 Å². The van der Waals surface area contributed by atoms with Gasteiger partial charge in [-0.05, 0) is 32.2 Å². The van der Waals surface area contributed by atoms with Gasteiger partial charge in [0.15, 0.2) is 0 Å². The highest BCUT2D eigenvalue weighted by molar-refractivity contribution is 7.91. The Hall–Kier alpha value is -0.820. The van der Waals surface area contributed by atoms with Crippen LogP contribution in [0.25, 0.3) is 0 Å². The Labute approximate surface area is 127 Å². The largest absolute Gasteiger partial charge is 0.335 e. The van der Waals surface area contributed by atoms with Gasteiger partial charge >= 0.3 is 6.03 Å². The summed E-state index contributed by atoms with van der Waals surface area (Å²) < 4.78 is 23.3. The lowest BCUT2D eigenvalue weighted by molar-refractivity contribution is 0.227. The van der Waals surface area contributed by atoms with E-state index in [-0.39, 0.29) is 23.4 Å². The summed E-state index contributed by atoms with van der Waals surface area (Å²) >= 11 is 0. The monoisotopic (exact) mass is 317 g/mol. The van der Waals surface area contributed by atoms with Gasteiger partial charge in [-0.25, -0.2) is 13.2 Å². The molecule has 4 atom stereocenters. The smallest absolute Gasteiger partial charge is 0.315 e. The first-order chi connectivity index (χ1) is 9.75. The Kier molecular flexibility index (Phi) is 5.14. The molecular weight excluding hydrogens is 290 g/mol. The number of carbonyl (C=O) groups is 1. The van der Waals surface area contributed by atoms with Crippen molar-refractivity contribution in [3.05, 3.63) is 0 Å². The summed E-state index contributed by atoms with van der Waals surface area (Å²) in [6, 6.07) is -0.0292. The van der Waals surface area contributed by atoms with Crippen LogP contribution in [-0.2, 0) is 9.84 Å². The summed E-state index contributed by atoms with van der Waals surface area (Å²) in [4.78, 5) is 14.3.